The number of ether oxygens (including phenoxy) is 2. The number of aromatic amines is 1. The maximum Gasteiger partial charge on any atom is 0.258 e. The third kappa shape index (κ3) is 3.90. The molecule has 1 aliphatic rings. The van der Waals surface area contributed by atoms with Crippen molar-refractivity contribution < 1.29 is 9.47 Å². The van der Waals surface area contributed by atoms with Crippen LogP contribution in [0.1, 0.15) is 42.5 Å². The van der Waals surface area contributed by atoms with Crippen molar-refractivity contribution in [3.05, 3.63) is 45.1 Å². The van der Waals surface area contributed by atoms with Gasteiger partial charge in [-0.3, -0.25) is 4.79 Å². The van der Waals surface area contributed by atoms with Gasteiger partial charge in [-0.05, 0) is 44.2 Å². The van der Waals surface area contributed by atoms with E-state index in [0.29, 0.717) is 34.8 Å². The molecule has 3 heterocycles. The Morgan fingerprint density at radius 3 is 2.67 bits per heavy atom. The number of nitrogens with one attached hydrogen (secondary N) is 1. The van der Waals surface area contributed by atoms with E-state index in [2.05, 4.69) is 26.8 Å². The van der Waals surface area contributed by atoms with Gasteiger partial charge in [0, 0.05) is 17.5 Å². The Morgan fingerprint density at radius 1 is 1.09 bits per heavy atom. The van der Waals surface area contributed by atoms with Crippen molar-refractivity contribution in [1.29, 1.82) is 0 Å². The first kappa shape index (κ1) is 21.6. The van der Waals surface area contributed by atoms with Crippen molar-refractivity contribution in [3.8, 4) is 11.5 Å². The highest BCUT2D eigenvalue weighted by Crippen LogP contribution is 2.39. The molecule has 0 atom stereocenters. The number of benzene rings is 1. The SMILES string of the molecule is CCN(Cc1nc2cc(OC)c(OC)cc2c(=O)[nH]1)c1ncnc2sc3c(c12)CCCCC3. The topological polar surface area (TPSA) is 93.2 Å². The summed E-state index contributed by atoms with van der Waals surface area (Å²) in [5, 5.41) is 1.63. The summed E-state index contributed by atoms with van der Waals surface area (Å²) in [6, 6.07) is 3.40. The maximum absolute atomic E-state index is 12.8. The zero-order chi connectivity index (χ0) is 22.9. The lowest BCUT2D eigenvalue weighted by atomic mass is 10.1. The Kier molecular flexibility index (Phi) is 5.88. The number of thiophene rings is 1. The second kappa shape index (κ2) is 8.97. The molecule has 0 unspecified atom stereocenters. The largest absolute Gasteiger partial charge is 0.493 e. The molecule has 0 spiro atoms. The van der Waals surface area contributed by atoms with E-state index < -0.39 is 0 Å². The van der Waals surface area contributed by atoms with Crippen LogP contribution in [0.5, 0.6) is 11.5 Å². The van der Waals surface area contributed by atoms with E-state index in [1.807, 2.05) is 0 Å². The van der Waals surface area contributed by atoms with E-state index in [0.717, 1.165) is 35.4 Å². The summed E-state index contributed by atoms with van der Waals surface area (Å²) in [6.45, 7) is 3.25. The lowest BCUT2D eigenvalue weighted by Crippen LogP contribution is -2.26. The summed E-state index contributed by atoms with van der Waals surface area (Å²) in [5.41, 5.74) is 1.77. The summed E-state index contributed by atoms with van der Waals surface area (Å²) < 4.78 is 10.7. The van der Waals surface area contributed by atoms with Crippen LogP contribution in [0.4, 0.5) is 5.82 Å². The Hall–Kier alpha value is -3.20. The van der Waals surface area contributed by atoms with Crippen molar-refractivity contribution in [2.45, 2.75) is 45.6 Å². The number of nitrogens with zero attached hydrogens (tertiary/aromatic N) is 4. The average Bonchev–Trinajstić information content (AvgIpc) is 3.03. The minimum atomic E-state index is -0.204. The maximum atomic E-state index is 12.8. The molecule has 1 aliphatic carbocycles. The van der Waals surface area contributed by atoms with Gasteiger partial charge in [0.15, 0.2) is 11.5 Å². The van der Waals surface area contributed by atoms with Crippen LogP contribution >= 0.6 is 11.3 Å². The fourth-order valence-electron chi connectivity index (χ4n) is 4.60. The molecule has 0 saturated heterocycles. The molecule has 33 heavy (non-hydrogen) atoms. The summed E-state index contributed by atoms with van der Waals surface area (Å²) in [7, 11) is 3.12. The molecular weight excluding hydrogens is 438 g/mol. The van der Waals surface area contributed by atoms with Gasteiger partial charge in [0.05, 0.1) is 37.1 Å². The summed E-state index contributed by atoms with van der Waals surface area (Å²) in [4.78, 5) is 34.4. The zero-order valence-electron chi connectivity index (χ0n) is 19.1. The minimum absolute atomic E-state index is 0.204. The Bertz CT molecular complexity index is 1380. The number of anilines is 1. The van der Waals surface area contributed by atoms with Crippen molar-refractivity contribution in [2.75, 3.05) is 25.7 Å². The predicted molar refractivity (Wildman–Crippen MR) is 131 cm³/mol. The van der Waals surface area contributed by atoms with E-state index in [9.17, 15) is 4.79 Å². The quantitative estimate of drug-likeness (QED) is 0.426. The van der Waals surface area contributed by atoms with E-state index in [1.54, 1.807) is 44.0 Å². The highest BCUT2D eigenvalue weighted by atomic mass is 32.1. The van der Waals surface area contributed by atoms with Crippen LogP contribution in [-0.2, 0) is 19.4 Å². The van der Waals surface area contributed by atoms with Crippen molar-refractivity contribution >= 4 is 38.3 Å². The van der Waals surface area contributed by atoms with E-state index in [1.165, 1.54) is 29.7 Å². The fraction of sp³-hybridized carbons (Fsp3) is 0.417. The molecule has 9 heteroatoms. The smallest absolute Gasteiger partial charge is 0.258 e. The third-order valence-electron chi connectivity index (χ3n) is 6.26. The Morgan fingerprint density at radius 2 is 1.88 bits per heavy atom. The molecule has 0 fully saturated rings. The highest BCUT2D eigenvalue weighted by Gasteiger charge is 2.22. The molecule has 3 aromatic heterocycles. The van der Waals surface area contributed by atoms with Crippen LogP contribution in [0.25, 0.3) is 21.1 Å². The van der Waals surface area contributed by atoms with Gasteiger partial charge >= 0.3 is 0 Å². The Labute approximate surface area is 195 Å². The second-order valence-electron chi connectivity index (χ2n) is 8.19. The van der Waals surface area contributed by atoms with E-state index >= 15 is 0 Å². The first-order chi connectivity index (χ1) is 16.1. The van der Waals surface area contributed by atoms with Crippen LogP contribution in [-0.4, -0.2) is 40.7 Å². The second-order valence-corrected chi connectivity index (χ2v) is 9.28. The number of rotatable bonds is 6. The predicted octanol–water partition coefficient (Wildman–Crippen LogP) is 4.24. The van der Waals surface area contributed by atoms with Crippen molar-refractivity contribution in [2.24, 2.45) is 0 Å². The van der Waals surface area contributed by atoms with E-state index in [4.69, 9.17) is 14.5 Å². The van der Waals surface area contributed by atoms with Gasteiger partial charge in [-0.1, -0.05) is 6.42 Å². The standard InChI is InChI=1S/C24H27N5O3S/c1-4-29(22-21-14-8-6-5-7-9-19(14)33-24(21)26-13-25-22)12-20-27-16-11-18(32-3)17(31-2)10-15(16)23(30)28-20/h10-11,13H,4-9,12H2,1-3H3,(H,27,28,30). The molecule has 0 aliphatic heterocycles. The lowest BCUT2D eigenvalue weighted by molar-refractivity contribution is 0.355. The summed E-state index contributed by atoms with van der Waals surface area (Å²) in [5.74, 6) is 2.54. The van der Waals surface area contributed by atoms with E-state index in [-0.39, 0.29) is 5.56 Å². The van der Waals surface area contributed by atoms with Crippen molar-refractivity contribution in [3.63, 3.8) is 0 Å². The number of hydrogen-bond donors (Lipinski definition) is 1. The van der Waals surface area contributed by atoms with Gasteiger partial charge in [0.2, 0.25) is 0 Å². The van der Waals surface area contributed by atoms with Crippen molar-refractivity contribution in [1.82, 2.24) is 19.9 Å². The zero-order valence-corrected chi connectivity index (χ0v) is 19.9. The molecule has 8 nitrogen and oxygen atoms in total. The summed E-state index contributed by atoms with van der Waals surface area (Å²) >= 11 is 1.80. The van der Waals surface area contributed by atoms with Gasteiger partial charge in [0.1, 0.15) is 22.8 Å². The number of methoxy groups -OCH3 is 2. The number of aromatic nitrogens is 4. The lowest BCUT2D eigenvalue weighted by Gasteiger charge is -2.22. The van der Waals surface area contributed by atoms with Gasteiger partial charge in [-0.15, -0.1) is 11.3 Å². The molecule has 0 amide bonds. The highest BCUT2D eigenvalue weighted by molar-refractivity contribution is 7.18. The number of fused-ring (bicyclic) bond motifs is 4. The number of H-pyrrole nitrogens is 1. The number of aryl methyl sites for hydroxylation is 2. The normalized spacial score (nSPS) is 13.7. The van der Waals surface area contributed by atoms with Gasteiger partial charge in [-0.25, -0.2) is 15.0 Å². The van der Waals surface area contributed by atoms with Crippen LogP contribution in [0.3, 0.4) is 0 Å². The van der Waals surface area contributed by atoms with Gasteiger partial charge in [-0.2, -0.15) is 0 Å². The van der Waals surface area contributed by atoms with Crippen LogP contribution < -0.4 is 19.9 Å². The molecule has 0 saturated carbocycles. The van der Waals surface area contributed by atoms with Gasteiger partial charge < -0.3 is 19.4 Å². The third-order valence-corrected chi connectivity index (χ3v) is 7.46. The molecule has 5 rings (SSSR count). The first-order valence-corrected chi connectivity index (χ1v) is 12.1. The molecule has 1 N–H and O–H groups in total. The fourth-order valence-corrected chi connectivity index (χ4v) is 5.82. The molecule has 0 bridgehead atoms. The molecular formula is C24H27N5O3S. The minimum Gasteiger partial charge on any atom is -0.493 e. The first-order valence-electron chi connectivity index (χ1n) is 11.3. The summed E-state index contributed by atoms with van der Waals surface area (Å²) in [6.07, 6.45) is 7.52. The average molecular weight is 466 g/mol. The van der Waals surface area contributed by atoms with Crippen LogP contribution in [0, 0.1) is 0 Å². The number of hydrogen-bond acceptors (Lipinski definition) is 8. The van der Waals surface area contributed by atoms with Crippen LogP contribution in [0.2, 0.25) is 0 Å². The molecule has 4 aromatic rings. The van der Waals surface area contributed by atoms with Crippen LogP contribution in [0.15, 0.2) is 23.3 Å². The molecule has 1 aromatic carbocycles. The monoisotopic (exact) mass is 465 g/mol. The van der Waals surface area contributed by atoms with Gasteiger partial charge in [0.25, 0.3) is 5.56 Å². The molecule has 0 radical (unpaired) electrons. The Balaban J connectivity index is 1.57. The molecule has 172 valence electrons.